The fourth-order valence-electron chi connectivity index (χ4n) is 3.34. The zero-order chi connectivity index (χ0) is 17.1. The first-order valence-corrected chi connectivity index (χ1v) is 10.7. The second-order valence-electron chi connectivity index (χ2n) is 7.30. The molecule has 0 spiro atoms. The highest BCUT2D eigenvalue weighted by Gasteiger charge is 1.97. The van der Waals surface area contributed by atoms with Crippen LogP contribution in [0.25, 0.3) is 0 Å². The molecule has 1 aromatic heterocycles. The van der Waals surface area contributed by atoms with E-state index in [-0.39, 0.29) is 0 Å². The molecule has 0 radical (unpaired) electrons. The van der Waals surface area contributed by atoms with Crippen LogP contribution in [-0.2, 0) is 6.54 Å². The van der Waals surface area contributed by atoms with Crippen molar-refractivity contribution in [2.24, 2.45) is 0 Å². The highest BCUT2D eigenvalue weighted by molar-refractivity contribution is 4.68. The molecule has 0 fully saturated rings. The Hall–Kier alpha value is -0.920. The summed E-state index contributed by atoms with van der Waals surface area (Å²) in [7, 11) is 0. The van der Waals surface area contributed by atoms with E-state index in [2.05, 4.69) is 22.7 Å². The summed E-state index contributed by atoms with van der Waals surface area (Å²) < 4.78 is 2.18. The lowest BCUT2D eigenvalue weighted by Gasteiger charge is -2.03. The Bertz CT molecular complexity index is 350. The normalized spacial score (nSPS) is 11.0. The molecule has 0 saturated carbocycles. The number of unbranched alkanes of at least 4 members (excludes halogenated alkanes) is 15. The molecule has 1 aromatic rings. The van der Waals surface area contributed by atoms with E-state index in [0.29, 0.717) is 0 Å². The van der Waals surface area contributed by atoms with Gasteiger partial charge in [-0.05, 0) is 12.8 Å². The Labute approximate surface area is 151 Å². The van der Waals surface area contributed by atoms with Gasteiger partial charge in [0.1, 0.15) is 6.20 Å². The van der Waals surface area contributed by atoms with Crippen LogP contribution in [-0.4, -0.2) is 4.98 Å². The van der Waals surface area contributed by atoms with Crippen molar-refractivity contribution in [2.75, 3.05) is 0 Å². The molecule has 0 unspecified atom stereocenters. The molecule has 0 atom stereocenters. The first-order valence-electron chi connectivity index (χ1n) is 10.7. The van der Waals surface area contributed by atoms with Gasteiger partial charge in [0.15, 0.2) is 0 Å². The minimum Gasteiger partial charge on any atom is -0.237 e. The number of aryl methyl sites for hydroxylation is 1. The van der Waals surface area contributed by atoms with E-state index in [0.717, 1.165) is 6.54 Å². The number of aromatic nitrogens is 2. The Kier molecular flexibility index (Phi) is 14.9. The molecule has 1 rings (SSSR count). The van der Waals surface area contributed by atoms with Crippen LogP contribution in [0.3, 0.4) is 0 Å². The minimum atomic E-state index is 1.12. The van der Waals surface area contributed by atoms with Crippen molar-refractivity contribution < 1.29 is 4.57 Å². The predicted molar refractivity (Wildman–Crippen MR) is 104 cm³/mol. The van der Waals surface area contributed by atoms with Crippen LogP contribution >= 0.6 is 0 Å². The lowest BCUT2D eigenvalue weighted by molar-refractivity contribution is -0.700. The number of nitrogens with zero attached hydrogens (tertiary/aromatic N) is 2. The predicted octanol–water partition coefficient (Wildman–Crippen LogP) is 6.63. The molecular weight excluding hydrogens is 292 g/mol. The van der Waals surface area contributed by atoms with E-state index in [1.165, 1.54) is 103 Å². The van der Waals surface area contributed by atoms with Crippen molar-refractivity contribution in [3.8, 4) is 0 Å². The lowest BCUT2D eigenvalue weighted by atomic mass is 10.0. The summed E-state index contributed by atoms with van der Waals surface area (Å²) >= 11 is 0. The Morgan fingerprint density at radius 3 is 1.50 bits per heavy atom. The van der Waals surface area contributed by atoms with Gasteiger partial charge in [0.2, 0.25) is 0 Å². The van der Waals surface area contributed by atoms with Crippen molar-refractivity contribution in [3.05, 3.63) is 24.8 Å². The molecule has 0 aliphatic heterocycles. The van der Waals surface area contributed by atoms with Gasteiger partial charge in [-0.25, -0.2) is 4.57 Å². The average molecular weight is 334 g/mol. The largest absolute Gasteiger partial charge is 0.286 e. The average Bonchev–Trinajstić information content (AvgIpc) is 2.62. The number of hydrogen-bond acceptors (Lipinski definition) is 1. The van der Waals surface area contributed by atoms with Crippen LogP contribution in [0.5, 0.6) is 0 Å². The van der Waals surface area contributed by atoms with Gasteiger partial charge in [-0.2, -0.15) is 0 Å². The summed E-state index contributed by atoms with van der Waals surface area (Å²) in [4.78, 5) is 4.14. The van der Waals surface area contributed by atoms with Crippen molar-refractivity contribution in [3.63, 3.8) is 0 Å². The molecule has 1 heterocycles. The third kappa shape index (κ3) is 13.5. The Morgan fingerprint density at radius 1 is 0.625 bits per heavy atom. The van der Waals surface area contributed by atoms with E-state index >= 15 is 0 Å². The molecule has 0 N–H and O–H groups in total. The van der Waals surface area contributed by atoms with Crippen molar-refractivity contribution in [2.45, 2.75) is 116 Å². The van der Waals surface area contributed by atoms with Crippen LogP contribution in [0, 0.1) is 0 Å². The second kappa shape index (κ2) is 16.9. The van der Waals surface area contributed by atoms with Crippen LogP contribution in [0.15, 0.2) is 24.8 Å². The number of rotatable bonds is 17. The number of hydrogen-bond donors (Lipinski definition) is 0. The molecule has 0 saturated heterocycles. The smallest absolute Gasteiger partial charge is 0.237 e. The van der Waals surface area contributed by atoms with Crippen LogP contribution in [0.4, 0.5) is 0 Å². The summed E-state index contributed by atoms with van der Waals surface area (Å²) in [6.07, 6.45) is 28.8. The van der Waals surface area contributed by atoms with Crippen LogP contribution in [0.1, 0.15) is 110 Å². The maximum Gasteiger partial charge on any atom is 0.286 e. The topological polar surface area (TPSA) is 16.8 Å². The van der Waals surface area contributed by atoms with Gasteiger partial charge in [-0.15, -0.1) is 0 Å². The zero-order valence-electron chi connectivity index (χ0n) is 16.2. The van der Waals surface area contributed by atoms with E-state index in [1.807, 2.05) is 18.6 Å². The molecule has 138 valence electrons. The lowest BCUT2D eigenvalue weighted by Crippen LogP contribution is -2.32. The van der Waals surface area contributed by atoms with Crippen molar-refractivity contribution in [1.82, 2.24) is 4.98 Å². The third-order valence-corrected chi connectivity index (χ3v) is 4.93. The summed E-state index contributed by atoms with van der Waals surface area (Å²) in [5.74, 6) is 0. The quantitative estimate of drug-likeness (QED) is 0.231. The third-order valence-electron chi connectivity index (χ3n) is 4.93. The fraction of sp³-hybridized carbons (Fsp3) is 0.818. The molecule has 0 aromatic carbocycles. The van der Waals surface area contributed by atoms with Gasteiger partial charge in [0.25, 0.3) is 6.33 Å². The fourth-order valence-corrected chi connectivity index (χ4v) is 3.34. The van der Waals surface area contributed by atoms with E-state index in [9.17, 15) is 0 Å². The summed E-state index contributed by atoms with van der Waals surface area (Å²) in [6.45, 7) is 3.41. The monoisotopic (exact) mass is 333 g/mol. The molecule has 0 aliphatic carbocycles. The van der Waals surface area contributed by atoms with E-state index < -0.39 is 0 Å². The maximum absolute atomic E-state index is 4.14. The zero-order valence-corrected chi connectivity index (χ0v) is 16.2. The van der Waals surface area contributed by atoms with Gasteiger partial charge < -0.3 is 0 Å². The summed E-state index contributed by atoms with van der Waals surface area (Å²) in [5, 5.41) is 0. The SMILES string of the molecule is CCCCCCCCCCCCCCCCCC[n+]1cccnc1. The summed E-state index contributed by atoms with van der Waals surface area (Å²) in [5.41, 5.74) is 0. The molecule has 2 nitrogen and oxygen atoms in total. The minimum absolute atomic E-state index is 1.12. The molecule has 0 bridgehead atoms. The molecule has 24 heavy (non-hydrogen) atoms. The van der Waals surface area contributed by atoms with Crippen molar-refractivity contribution >= 4 is 0 Å². The van der Waals surface area contributed by atoms with Crippen molar-refractivity contribution in [1.29, 1.82) is 0 Å². The molecule has 0 amide bonds. The first-order chi connectivity index (χ1) is 11.9. The second-order valence-corrected chi connectivity index (χ2v) is 7.30. The molecular formula is C22H41N2+. The first kappa shape index (κ1) is 21.1. The van der Waals surface area contributed by atoms with Gasteiger partial charge in [-0.3, -0.25) is 0 Å². The van der Waals surface area contributed by atoms with Crippen LogP contribution in [0.2, 0.25) is 0 Å². The highest BCUT2D eigenvalue weighted by Crippen LogP contribution is 2.13. The molecule has 2 heteroatoms. The van der Waals surface area contributed by atoms with E-state index in [4.69, 9.17) is 0 Å². The van der Waals surface area contributed by atoms with Crippen LogP contribution < -0.4 is 4.57 Å². The van der Waals surface area contributed by atoms with Gasteiger partial charge in [0.05, 0.1) is 12.7 Å². The highest BCUT2D eigenvalue weighted by atomic mass is 15.0. The standard InChI is InChI=1S/C22H41N2/c1-2-3-4-5-6-7-8-9-10-11-12-13-14-15-16-17-20-24-21-18-19-23-22-24/h18-19,21-22H,2-17,20H2,1H3/q+1. The Morgan fingerprint density at radius 2 is 1.08 bits per heavy atom. The van der Waals surface area contributed by atoms with E-state index in [1.54, 1.807) is 0 Å². The van der Waals surface area contributed by atoms with Gasteiger partial charge in [0, 0.05) is 6.07 Å². The van der Waals surface area contributed by atoms with Gasteiger partial charge in [-0.1, -0.05) is 102 Å². The molecule has 0 aliphatic rings. The summed E-state index contributed by atoms with van der Waals surface area (Å²) in [6, 6.07) is 2.01. The maximum atomic E-state index is 4.14. The van der Waals surface area contributed by atoms with Gasteiger partial charge >= 0.3 is 0 Å². The Balaban J connectivity index is 1.70.